The highest BCUT2D eigenvalue weighted by Gasteiger charge is 2.60. The number of fused-ring (bicyclic) bond motifs is 5. The van der Waals surface area contributed by atoms with Crippen molar-refractivity contribution in [2.75, 3.05) is 11.9 Å². The van der Waals surface area contributed by atoms with E-state index in [-0.39, 0.29) is 59.2 Å². The first-order chi connectivity index (χ1) is 13.2. The minimum Gasteiger partial charge on any atom is -0.325 e. The average molecular weight is 415 g/mol. The maximum atomic E-state index is 12.8. The molecule has 1 N–H and O–H groups in total. The quantitative estimate of drug-likeness (QED) is 0.764. The Bertz CT molecular complexity index is 829. The SMILES string of the molecule is O=C(CCN1C(=O)[C@H]2[C@@H]3CC[C@@H](C3)[C@@H]2C1=O)Nc1cc(C(F)(F)F)ccc1Cl. The van der Waals surface area contributed by atoms with Gasteiger partial charge in [0.15, 0.2) is 0 Å². The molecule has 0 unspecified atom stereocenters. The number of nitrogens with one attached hydrogen (secondary N) is 1. The van der Waals surface area contributed by atoms with E-state index in [0.717, 1.165) is 42.4 Å². The summed E-state index contributed by atoms with van der Waals surface area (Å²) in [7, 11) is 0. The molecule has 4 rings (SSSR count). The normalized spacial score (nSPS) is 28.8. The number of benzene rings is 1. The molecule has 9 heteroatoms. The smallest absolute Gasteiger partial charge is 0.325 e. The Morgan fingerprint density at radius 2 is 1.75 bits per heavy atom. The lowest BCUT2D eigenvalue weighted by Crippen LogP contribution is -2.35. The van der Waals surface area contributed by atoms with Crippen molar-refractivity contribution in [3.8, 4) is 0 Å². The number of anilines is 1. The molecule has 28 heavy (non-hydrogen) atoms. The molecule has 1 aromatic carbocycles. The standard InChI is InChI=1S/C19H18ClF3N2O3/c20-12-4-3-11(19(21,22)23)8-13(12)24-14(26)5-6-25-17(27)15-9-1-2-10(7-9)16(15)18(25)28/h3-4,8-10,15-16H,1-2,5-7H2,(H,24,26)/t9-,10+,15-,16-/m0/s1. The molecule has 0 aromatic heterocycles. The number of halogens is 4. The van der Waals surface area contributed by atoms with E-state index < -0.39 is 17.6 Å². The van der Waals surface area contributed by atoms with Crippen LogP contribution in [0.15, 0.2) is 18.2 Å². The molecule has 1 saturated heterocycles. The summed E-state index contributed by atoms with van der Waals surface area (Å²) in [4.78, 5) is 38.5. The van der Waals surface area contributed by atoms with Crippen LogP contribution in [0.1, 0.15) is 31.2 Å². The maximum Gasteiger partial charge on any atom is 0.416 e. The minimum absolute atomic E-state index is 0.0271. The molecule has 2 aliphatic carbocycles. The van der Waals surface area contributed by atoms with Crippen molar-refractivity contribution in [3.63, 3.8) is 0 Å². The fourth-order valence-electron chi connectivity index (χ4n) is 4.91. The topological polar surface area (TPSA) is 66.5 Å². The highest BCUT2D eigenvalue weighted by molar-refractivity contribution is 6.33. The maximum absolute atomic E-state index is 12.8. The fraction of sp³-hybridized carbons (Fsp3) is 0.526. The van der Waals surface area contributed by atoms with Crippen molar-refractivity contribution >= 4 is 35.0 Å². The summed E-state index contributed by atoms with van der Waals surface area (Å²) in [6, 6.07) is 2.64. The average Bonchev–Trinajstić information content (AvgIpc) is 3.29. The number of likely N-dealkylation sites (tertiary alicyclic amines) is 1. The van der Waals surface area contributed by atoms with Crippen molar-refractivity contribution in [3.05, 3.63) is 28.8 Å². The summed E-state index contributed by atoms with van der Waals surface area (Å²) in [6.07, 6.45) is -1.90. The molecule has 3 amide bonds. The predicted octanol–water partition coefficient (Wildman–Crippen LogP) is 3.72. The van der Waals surface area contributed by atoms with Gasteiger partial charge in [0.25, 0.3) is 0 Å². The van der Waals surface area contributed by atoms with Crippen LogP contribution in [-0.4, -0.2) is 29.2 Å². The molecule has 5 nitrogen and oxygen atoms in total. The van der Waals surface area contributed by atoms with Gasteiger partial charge in [-0.3, -0.25) is 19.3 Å². The van der Waals surface area contributed by atoms with E-state index >= 15 is 0 Å². The van der Waals surface area contributed by atoms with Crippen LogP contribution in [0.3, 0.4) is 0 Å². The van der Waals surface area contributed by atoms with Crippen LogP contribution in [0.2, 0.25) is 5.02 Å². The van der Waals surface area contributed by atoms with Crippen LogP contribution in [0, 0.1) is 23.7 Å². The van der Waals surface area contributed by atoms with E-state index in [1.807, 2.05) is 0 Å². The second-order valence-electron chi connectivity index (χ2n) is 7.70. The molecular formula is C19H18ClF3N2O3. The van der Waals surface area contributed by atoms with Crippen LogP contribution in [0.5, 0.6) is 0 Å². The van der Waals surface area contributed by atoms with E-state index in [0.29, 0.717) is 0 Å². The Labute approximate surface area is 164 Å². The van der Waals surface area contributed by atoms with Gasteiger partial charge in [0.2, 0.25) is 17.7 Å². The number of hydrogen-bond acceptors (Lipinski definition) is 3. The summed E-state index contributed by atoms with van der Waals surface area (Å²) in [5, 5.41) is 2.31. The minimum atomic E-state index is -4.56. The molecule has 1 heterocycles. The van der Waals surface area contributed by atoms with E-state index in [2.05, 4.69) is 5.32 Å². The number of nitrogens with zero attached hydrogens (tertiary/aromatic N) is 1. The van der Waals surface area contributed by atoms with Crippen LogP contribution in [-0.2, 0) is 20.6 Å². The molecule has 2 bridgehead atoms. The molecule has 4 atom stereocenters. The summed E-state index contributed by atoms with van der Waals surface area (Å²) in [6.45, 7) is -0.0769. The molecule has 0 spiro atoms. The summed E-state index contributed by atoms with van der Waals surface area (Å²) < 4.78 is 38.5. The van der Waals surface area contributed by atoms with Gasteiger partial charge >= 0.3 is 6.18 Å². The summed E-state index contributed by atoms with van der Waals surface area (Å²) >= 11 is 5.87. The number of imide groups is 1. The first-order valence-electron chi connectivity index (χ1n) is 9.18. The van der Waals surface area contributed by atoms with Gasteiger partial charge < -0.3 is 5.32 Å². The van der Waals surface area contributed by atoms with Crippen molar-refractivity contribution in [2.24, 2.45) is 23.7 Å². The van der Waals surface area contributed by atoms with Crippen molar-refractivity contribution in [1.82, 2.24) is 4.90 Å². The Kier molecular flexibility index (Phi) is 4.64. The third-order valence-electron chi connectivity index (χ3n) is 6.15. The number of carbonyl (C=O) groups excluding carboxylic acids is 3. The molecule has 1 aromatic rings. The van der Waals surface area contributed by atoms with Gasteiger partial charge in [-0.25, -0.2) is 0 Å². The number of alkyl halides is 3. The third kappa shape index (κ3) is 3.17. The van der Waals surface area contributed by atoms with Gasteiger partial charge in [-0.15, -0.1) is 0 Å². The summed E-state index contributed by atoms with van der Waals surface area (Å²) in [5.74, 6) is -1.04. The van der Waals surface area contributed by atoms with Gasteiger partial charge in [0, 0.05) is 13.0 Å². The Morgan fingerprint density at radius 3 is 2.32 bits per heavy atom. The number of carbonyl (C=O) groups is 3. The van der Waals surface area contributed by atoms with E-state index in [9.17, 15) is 27.6 Å². The Hall–Kier alpha value is -2.09. The molecular weight excluding hydrogens is 397 g/mol. The Balaban J connectivity index is 1.39. The van der Waals surface area contributed by atoms with Crippen LogP contribution in [0.25, 0.3) is 0 Å². The summed E-state index contributed by atoms with van der Waals surface area (Å²) in [5.41, 5.74) is -1.09. The van der Waals surface area contributed by atoms with Crippen molar-refractivity contribution < 1.29 is 27.6 Å². The Morgan fingerprint density at radius 1 is 1.14 bits per heavy atom. The van der Waals surface area contributed by atoms with Gasteiger partial charge in [0.05, 0.1) is 28.1 Å². The zero-order valence-electron chi connectivity index (χ0n) is 14.8. The number of rotatable bonds is 4. The molecule has 0 radical (unpaired) electrons. The molecule has 2 saturated carbocycles. The van der Waals surface area contributed by atoms with E-state index in [4.69, 9.17) is 11.6 Å². The van der Waals surface area contributed by atoms with Crippen LogP contribution in [0.4, 0.5) is 18.9 Å². The van der Waals surface area contributed by atoms with Crippen molar-refractivity contribution in [1.29, 1.82) is 0 Å². The van der Waals surface area contributed by atoms with Gasteiger partial charge in [0.1, 0.15) is 0 Å². The molecule has 1 aliphatic heterocycles. The lowest BCUT2D eigenvalue weighted by atomic mass is 9.81. The number of hydrogen-bond donors (Lipinski definition) is 1. The lowest BCUT2D eigenvalue weighted by Gasteiger charge is -2.19. The van der Waals surface area contributed by atoms with E-state index in [1.54, 1.807) is 0 Å². The molecule has 150 valence electrons. The molecule has 3 aliphatic rings. The second-order valence-corrected chi connectivity index (χ2v) is 8.11. The highest BCUT2D eigenvalue weighted by Crippen LogP contribution is 2.56. The third-order valence-corrected chi connectivity index (χ3v) is 6.48. The first kappa shape index (κ1) is 19.2. The van der Waals surface area contributed by atoms with Crippen LogP contribution < -0.4 is 5.32 Å². The van der Waals surface area contributed by atoms with Gasteiger partial charge in [-0.1, -0.05) is 11.6 Å². The second kappa shape index (κ2) is 6.76. The first-order valence-corrected chi connectivity index (χ1v) is 9.56. The highest BCUT2D eigenvalue weighted by atomic mass is 35.5. The zero-order chi connectivity index (χ0) is 20.2. The van der Waals surface area contributed by atoms with Gasteiger partial charge in [-0.05, 0) is 49.3 Å². The van der Waals surface area contributed by atoms with Crippen LogP contribution >= 0.6 is 11.6 Å². The van der Waals surface area contributed by atoms with Gasteiger partial charge in [-0.2, -0.15) is 13.2 Å². The zero-order valence-corrected chi connectivity index (χ0v) is 15.5. The number of amides is 3. The fourth-order valence-corrected chi connectivity index (χ4v) is 5.08. The predicted molar refractivity (Wildman–Crippen MR) is 94.2 cm³/mol. The van der Waals surface area contributed by atoms with E-state index in [1.165, 1.54) is 0 Å². The lowest BCUT2D eigenvalue weighted by molar-refractivity contribution is -0.141. The van der Waals surface area contributed by atoms with Crippen molar-refractivity contribution in [2.45, 2.75) is 31.9 Å². The molecule has 3 fully saturated rings. The monoisotopic (exact) mass is 414 g/mol. The largest absolute Gasteiger partial charge is 0.416 e.